The number of hydrogen-bond acceptors (Lipinski definition) is 3. The van der Waals surface area contributed by atoms with Crippen LogP contribution in [0.4, 0.5) is 4.79 Å². The number of piperidine rings is 1. The van der Waals surface area contributed by atoms with E-state index in [9.17, 15) is 9.59 Å². The molecular formula is C11H20N2O4. The highest BCUT2D eigenvalue weighted by Gasteiger charge is 2.31. The van der Waals surface area contributed by atoms with Crippen molar-refractivity contribution in [1.82, 2.24) is 10.2 Å². The van der Waals surface area contributed by atoms with E-state index in [1.807, 2.05) is 13.8 Å². The first-order valence-corrected chi connectivity index (χ1v) is 5.89. The molecule has 0 aromatic heterocycles. The molecule has 6 nitrogen and oxygen atoms in total. The van der Waals surface area contributed by atoms with E-state index in [4.69, 9.17) is 10.2 Å². The van der Waals surface area contributed by atoms with Crippen LogP contribution in [0.1, 0.15) is 33.1 Å². The summed E-state index contributed by atoms with van der Waals surface area (Å²) in [6.07, 6.45) is 2.93. The summed E-state index contributed by atoms with van der Waals surface area (Å²) in [7, 11) is 0. The molecule has 98 valence electrons. The molecule has 1 rings (SSSR count). The summed E-state index contributed by atoms with van der Waals surface area (Å²) >= 11 is 0. The van der Waals surface area contributed by atoms with Crippen molar-refractivity contribution in [3.05, 3.63) is 0 Å². The summed E-state index contributed by atoms with van der Waals surface area (Å²) in [5, 5.41) is 20.0. The molecule has 3 atom stereocenters. The molecule has 0 aromatic carbocycles. The lowest BCUT2D eigenvalue weighted by Crippen LogP contribution is -2.56. The normalized spacial score (nSPS) is 26.4. The third-order valence-corrected chi connectivity index (χ3v) is 3.21. The van der Waals surface area contributed by atoms with Gasteiger partial charge in [-0.05, 0) is 33.1 Å². The van der Waals surface area contributed by atoms with E-state index in [1.54, 1.807) is 4.90 Å². The van der Waals surface area contributed by atoms with Gasteiger partial charge in [-0.25, -0.2) is 9.59 Å². The Morgan fingerprint density at radius 2 is 1.88 bits per heavy atom. The first-order chi connectivity index (χ1) is 7.97. The van der Waals surface area contributed by atoms with Crippen molar-refractivity contribution in [2.24, 2.45) is 0 Å². The van der Waals surface area contributed by atoms with E-state index in [2.05, 4.69) is 5.32 Å². The van der Waals surface area contributed by atoms with Crippen LogP contribution in [0.5, 0.6) is 0 Å². The maximum Gasteiger partial charge on any atom is 0.328 e. The molecule has 2 amide bonds. The van der Waals surface area contributed by atoms with Gasteiger partial charge < -0.3 is 20.4 Å². The Kier molecular flexibility index (Phi) is 4.74. The molecule has 0 bridgehead atoms. The number of aliphatic carboxylic acids is 1. The van der Waals surface area contributed by atoms with Gasteiger partial charge in [-0.2, -0.15) is 0 Å². The summed E-state index contributed by atoms with van der Waals surface area (Å²) in [5.41, 5.74) is 0. The van der Waals surface area contributed by atoms with Gasteiger partial charge in [0.05, 0.1) is 6.61 Å². The number of carboxylic acids is 1. The molecule has 1 saturated heterocycles. The highest BCUT2D eigenvalue weighted by Crippen LogP contribution is 2.22. The molecule has 1 heterocycles. The standard InChI is InChI=1S/C11H20N2O4/c1-7-4-3-5-8(2)13(7)11(17)12-9(6-14)10(15)16/h7-9,14H,3-6H2,1-2H3,(H,12,17)(H,15,16)/t7-,8+,9-/m1/s1. The number of rotatable bonds is 3. The van der Waals surface area contributed by atoms with Gasteiger partial charge in [0.2, 0.25) is 0 Å². The number of carbonyl (C=O) groups is 2. The second kappa shape index (κ2) is 5.86. The molecule has 0 saturated carbocycles. The van der Waals surface area contributed by atoms with Gasteiger partial charge in [0.15, 0.2) is 6.04 Å². The third kappa shape index (κ3) is 3.33. The zero-order chi connectivity index (χ0) is 13.0. The van der Waals surface area contributed by atoms with Crippen LogP contribution in [0.3, 0.4) is 0 Å². The molecule has 0 unspecified atom stereocenters. The summed E-state index contributed by atoms with van der Waals surface area (Å²) in [4.78, 5) is 24.3. The maximum atomic E-state index is 11.9. The number of aliphatic hydroxyl groups is 1. The maximum absolute atomic E-state index is 11.9. The van der Waals surface area contributed by atoms with Crippen LogP contribution in [0.25, 0.3) is 0 Å². The van der Waals surface area contributed by atoms with Crippen LogP contribution in [0.2, 0.25) is 0 Å². The summed E-state index contributed by atoms with van der Waals surface area (Å²) in [6.45, 7) is 3.30. The number of aliphatic hydroxyl groups excluding tert-OH is 1. The van der Waals surface area contributed by atoms with Crippen molar-refractivity contribution in [2.75, 3.05) is 6.61 Å². The number of carboxylic acid groups (broad SMARTS) is 1. The lowest BCUT2D eigenvalue weighted by atomic mass is 9.98. The summed E-state index contributed by atoms with van der Waals surface area (Å²) < 4.78 is 0. The quantitative estimate of drug-likeness (QED) is 0.670. The number of likely N-dealkylation sites (tertiary alicyclic amines) is 1. The number of amides is 2. The number of nitrogens with one attached hydrogen (secondary N) is 1. The number of hydrogen-bond donors (Lipinski definition) is 3. The monoisotopic (exact) mass is 244 g/mol. The van der Waals surface area contributed by atoms with Crippen LogP contribution >= 0.6 is 0 Å². The van der Waals surface area contributed by atoms with Crippen molar-refractivity contribution < 1.29 is 19.8 Å². The van der Waals surface area contributed by atoms with Gasteiger partial charge in [0, 0.05) is 12.1 Å². The zero-order valence-corrected chi connectivity index (χ0v) is 10.2. The van der Waals surface area contributed by atoms with E-state index < -0.39 is 24.6 Å². The van der Waals surface area contributed by atoms with Crippen molar-refractivity contribution in [1.29, 1.82) is 0 Å². The SMILES string of the molecule is C[C@@H]1CCC[C@H](C)N1C(=O)N[C@H](CO)C(=O)O. The molecule has 1 aliphatic heterocycles. The lowest BCUT2D eigenvalue weighted by Gasteiger charge is -2.39. The molecule has 6 heteroatoms. The largest absolute Gasteiger partial charge is 0.480 e. The third-order valence-electron chi connectivity index (χ3n) is 3.21. The molecule has 0 aromatic rings. The predicted molar refractivity (Wildman–Crippen MR) is 61.7 cm³/mol. The average Bonchev–Trinajstić information content (AvgIpc) is 2.25. The fraction of sp³-hybridized carbons (Fsp3) is 0.818. The van der Waals surface area contributed by atoms with Crippen LogP contribution in [-0.4, -0.2) is 51.8 Å². The Morgan fingerprint density at radius 1 is 1.35 bits per heavy atom. The van der Waals surface area contributed by atoms with Crippen molar-refractivity contribution in [3.8, 4) is 0 Å². The zero-order valence-electron chi connectivity index (χ0n) is 10.2. The van der Waals surface area contributed by atoms with Gasteiger partial charge in [0.25, 0.3) is 0 Å². The molecule has 0 aliphatic carbocycles. The molecular weight excluding hydrogens is 224 g/mol. The minimum atomic E-state index is -1.23. The molecule has 0 spiro atoms. The number of carbonyl (C=O) groups excluding carboxylic acids is 1. The van der Waals surface area contributed by atoms with E-state index in [0.29, 0.717) is 0 Å². The second-order valence-corrected chi connectivity index (χ2v) is 4.56. The molecule has 0 radical (unpaired) electrons. The molecule has 17 heavy (non-hydrogen) atoms. The Morgan fingerprint density at radius 3 is 2.29 bits per heavy atom. The lowest BCUT2D eigenvalue weighted by molar-refractivity contribution is -0.140. The topological polar surface area (TPSA) is 89.9 Å². The van der Waals surface area contributed by atoms with Gasteiger partial charge in [0.1, 0.15) is 0 Å². The molecule has 3 N–H and O–H groups in total. The van der Waals surface area contributed by atoms with E-state index in [1.165, 1.54) is 0 Å². The smallest absolute Gasteiger partial charge is 0.328 e. The Bertz CT molecular complexity index is 285. The number of urea groups is 1. The fourth-order valence-corrected chi connectivity index (χ4v) is 2.23. The van der Waals surface area contributed by atoms with Crippen molar-refractivity contribution in [2.45, 2.75) is 51.2 Å². The Hall–Kier alpha value is -1.30. The van der Waals surface area contributed by atoms with Crippen LogP contribution in [0, 0.1) is 0 Å². The average molecular weight is 244 g/mol. The predicted octanol–water partition coefficient (Wildman–Crippen LogP) is 0.404. The van der Waals surface area contributed by atoms with Gasteiger partial charge in [-0.15, -0.1) is 0 Å². The van der Waals surface area contributed by atoms with E-state index in [-0.39, 0.29) is 12.1 Å². The first kappa shape index (κ1) is 13.8. The first-order valence-electron chi connectivity index (χ1n) is 5.89. The van der Waals surface area contributed by atoms with Gasteiger partial charge in [-0.1, -0.05) is 0 Å². The van der Waals surface area contributed by atoms with Gasteiger partial charge >= 0.3 is 12.0 Å². The van der Waals surface area contributed by atoms with E-state index >= 15 is 0 Å². The summed E-state index contributed by atoms with van der Waals surface area (Å²) in [6, 6.07) is -1.44. The van der Waals surface area contributed by atoms with Crippen LogP contribution in [0.15, 0.2) is 0 Å². The van der Waals surface area contributed by atoms with Gasteiger partial charge in [-0.3, -0.25) is 0 Å². The van der Waals surface area contributed by atoms with Crippen molar-refractivity contribution >= 4 is 12.0 Å². The second-order valence-electron chi connectivity index (χ2n) is 4.56. The van der Waals surface area contributed by atoms with Crippen molar-refractivity contribution in [3.63, 3.8) is 0 Å². The van der Waals surface area contributed by atoms with E-state index in [0.717, 1.165) is 19.3 Å². The Balaban J connectivity index is 2.64. The minimum Gasteiger partial charge on any atom is -0.480 e. The highest BCUT2D eigenvalue weighted by atomic mass is 16.4. The highest BCUT2D eigenvalue weighted by molar-refractivity contribution is 5.83. The van der Waals surface area contributed by atoms with Crippen LogP contribution < -0.4 is 5.32 Å². The summed E-state index contributed by atoms with van der Waals surface area (Å²) in [5.74, 6) is -1.22. The molecule has 1 aliphatic rings. The minimum absolute atomic E-state index is 0.104. The molecule has 1 fully saturated rings. The number of nitrogens with zero attached hydrogens (tertiary/aromatic N) is 1. The van der Waals surface area contributed by atoms with Crippen LogP contribution in [-0.2, 0) is 4.79 Å². The Labute approximate surface area is 101 Å². The fourth-order valence-electron chi connectivity index (χ4n) is 2.23.